The number of benzene rings is 2. The zero-order valence-electron chi connectivity index (χ0n) is 12.2. The summed E-state index contributed by atoms with van der Waals surface area (Å²) in [5.74, 6) is 0.536. The fraction of sp³-hybridized carbons (Fsp3) is 0.0625. The molecule has 0 aliphatic rings. The van der Waals surface area contributed by atoms with Crippen molar-refractivity contribution in [3.8, 4) is 5.75 Å². The highest BCUT2D eigenvalue weighted by Gasteiger charge is 2.17. The van der Waals surface area contributed by atoms with E-state index in [0.717, 1.165) is 5.39 Å². The van der Waals surface area contributed by atoms with E-state index in [9.17, 15) is 8.42 Å². The van der Waals surface area contributed by atoms with Crippen molar-refractivity contribution in [1.29, 1.82) is 0 Å². The molecule has 0 aliphatic carbocycles. The van der Waals surface area contributed by atoms with Gasteiger partial charge in [0.2, 0.25) is 0 Å². The van der Waals surface area contributed by atoms with E-state index in [1.165, 1.54) is 19.2 Å². The first-order valence-electron chi connectivity index (χ1n) is 6.71. The van der Waals surface area contributed by atoms with Gasteiger partial charge in [-0.2, -0.15) is 0 Å². The van der Waals surface area contributed by atoms with Crippen LogP contribution in [0.3, 0.4) is 0 Å². The number of pyridine rings is 1. The van der Waals surface area contributed by atoms with Crippen molar-refractivity contribution >= 4 is 38.2 Å². The van der Waals surface area contributed by atoms with Crippen LogP contribution in [0.15, 0.2) is 59.6 Å². The maximum absolute atomic E-state index is 12.6. The molecule has 23 heavy (non-hydrogen) atoms. The van der Waals surface area contributed by atoms with E-state index in [1.807, 2.05) is 6.07 Å². The Balaban J connectivity index is 2.10. The number of fused-ring (bicyclic) bond motifs is 1. The molecule has 0 bridgehead atoms. The minimum Gasteiger partial charge on any atom is -0.497 e. The average molecular weight is 349 g/mol. The second-order valence-corrected chi connectivity index (χ2v) is 6.93. The average Bonchev–Trinajstić information content (AvgIpc) is 2.54. The van der Waals surface area contributed by atoms with Crippen molar-refractivity contribution < 1.29 is 13.2 Å². The Morgan fingerprint density at radius 2 is 1.96 bits per heavy atom. The van der Waals surface area contributed by atoms with Crippen molar-refractivity contribution in [2.75, 3.05) is 11.8 Å². The minimum atomic E-state index is -3.78. The molecule has 2 aromatic carbocycles. The summed E-state index contributed by atoms with van der Waals surface area (Å²) in [6.07, 6.45) is 1.60. The largest absolute Gasteiger partial charge is 0.497 e. The SMILES string of the molecule is COc1cc(NS(=O)(=O)c2cccc(Cl)c2)c2ncccc2c1. The van der Waals surface area contributed by atoms with Gasteiger partial charge in [0.25, 0.3) is 10.0 Å². The first-order valence-corrected chi connectivity index (χ1v) is 8.57. The third kappa shape index (κ3) is 3.23. The van der Waals surface area contributed by atoms with Crippen LogP contribution >= 0.6 is 11.6 Å². The molecule has 0 spiro atoms. The Bertz CT molecular complexity index is 974. The molecular formula is C16H13ClN2O3S. The summed E-state index contributed by atoms with van der Waals surface area (Å²) in [5.41, 5.74) is 0.888. The smallest absolute Gasteiger partial charge is 0.262 e. The maximum atomic E-state index is 12.6. The van der Waals surface area contributed by atoms with Crippen LogP contribution in [-0.2, 0) is 10.0 Å². The van der Waals surface area contributed by atoms with Gasteiger partial charge < -0.3 is 4.74 Å². The minimum absolute atomic E-state index is 0.0805. The summed E-state index contributed by atoms with van der Waals surface area (Å²) in [6, 6.07) is 13.1. The number of anilines is 1. The molecule has 7 heteroatoms. The van der Waals surface area contributed by atoms with Gasteiger partial charge in [-0.15, -0.1) is 0 Å². The summed E-state index contributed by atoms with van der Waals surface area (Å²) >= 11 is 5.87. The molecule has 0 saturated heterocycles. The Morgan fingerprint density at radius 3 is 2.70 bits per heavy atom. The van der Waals surface area contributed by atoms with Crippen molar-refractivity contribution in [2.45, 2.75) is 4.90 Å². The molecule has 0 atom stereocenters. The summed E-state index contributed by atoms with van der Waals surface area (Å²) in [6.45, 7) is 0. The molecule has 0 aliphatic heterocycles. The molecule has 0 saturated carbocycles. The molecule has 5 nitrogen and oxygen atoms in total. The van der Waals surface area contributed by atoms with Gasteiger partial charge in [-0.3, -0.25) is 9.71 Å². The molecule has 1 aromatic heterocycles. The van der Waals surface area contributed by atoms with Crippen LogP contribution in [0.25, 0.3) is 10.9 Å². The third-order valence-electron chi connectivity index (χ3n) is 3.26. The summed E-state index contributed by atoms with van der Waals surface area (Å²) in [4.78, 5) is 4.32. The second-order valence-electron chi connectivity index (χ2n) is 4.81. The van der Waals surface area contributed by atoms with Gasteiger partial charge in [0.1, 0.15) is 5.75 Å². The van der Waals surface area contributed by atoms with Gasteiger partial charge in [-0.25, -0.2) is 8.42 Å². The van der Waals surface area contributed by atoms with Gasteiger partial charge in [-0.05, 0) is 30.3 Å². The van der Waals surface area contributed by atoms with Crippen LogP contribution < -0.4 is 9.46 Å². The topological polar surface area (TPSA) is 68.3 Å². The second kappa shape index (κ2) is 6.06. The summed E-state index contributed by atoms with van der Waals surface area (Å²) < 4.78 is 32.9. The number of nitrogens with one attached hydrogen (secondary N) is 1. The van der Waals surface area contributed by atoms with Gasteiger partial charge in [0.15, 0.2) is 0 Å². The number of hydrogen-bond donors (Lipinski definition) is 1. The highest BCUT2D eigenvalue weighted by molar-refractivity contribution is 7.92. The van der Waals surface area contributed by atoms with Gasteiger partial charge in [0, 0.05) is 22.7 Å². The summed E-state index contributed by atoms with van der Waals surface area (Å²) in [5, 5.41) is 1.12. The summed E-state index contributed by atoms with van der Waals surface area (Å²) in [7, 11) is -2.26. The number of hydrogen-bond acceptors (Lipinski definition) is 4. The highest BCUT2D eigenvalue weighted by atomic mass is 35.5. The van der Waals surface area contributed by atoms with Crippen LogP contribution in [0.2, 0.25) is 5.02 Å². The van der Waals surface area contributed by atoms with Crippen molar-refractivity contribution in [2.24, 2.45) is 0 Å². The van der Waals surface area contributed by atoms with E-state index < -0.39 is 10.0 Å². The van der Waals surface area contributed by atoms with Crippen LogP contribution in [0.5, 0.6) is 5.75 Å². The van der Waals surface area contributed by atoms with Crippen LogP contribution in [0, 0.1) is 0 Å². The maximum Gasteiger partial charge on any atom is 0.262 e. The normalized spacial score (nSPS) is 11.4. The van der Waals surface area contributed by atoms with Gasteiger partial charge in [-0.1, -0.05) is 23.7 Å². The lowest BCUT2D eigenvalue weighted by Crippen LogP contribution is -2.13. The monoisotopic (exact) mass is 348 g/mol. The van der Waals surface area contributed by atoms with Crippen molar-refractivity contribution in [3.05, 3.63) is 59.8 Å². The Kier molecular flexibility index (Phi) is 4.11. The molecule has 3 aromatic rings. The van der Waals surface area contributed by atoms with E-state index in [-0.39, 0.29) is 4.90 Å². The van der Waals surface area contributed by atoms with E-state index in [1.54, 1.807) is 36.5 Å². The van der Waals surface area contributed by atoms with Crippen LogP contribution in [0.1, 0.15) is 0 Å². The van der Waals surface area contributed by atoms with Gasteiger partial charge >= 0.3 is 0 Å². The number of nitrogens with zero attached hydrogens (tertiary/aromatic N) is 1. The number of rotatable bonds is 4. The first kappa shape index (κ1) is 15.6. The number of methoxy groups -OCH3 is 1. The molecule has 0 unspecified atom stereocenters. The molecular weight excluding hydrogens is 336 g/mol. The number of sulfonamides is 1. The van der Waals surface area contributed by atoms with E-state index >= 15 is 0 Å². The zero-order chi connectivity index (χ0) is 16.4. The fourth-order valence-corrected chi connectivity index (χ4v) is 3.56. The molecule has 0 radical (unpaired) electrons. The van der Waals surface area contributed by atoms with Gasteiger partial charge in [0.05, 0.1) is 23.2 Å². The van der Waals surface area contributed by atoms with E-state index in [4.69, 9.17) is 16.3 Å². The Hall–Kier alpha value is -2.31. The number of halogens is 1. The van der Waals surface area contributed by atoms with Crippen LogP contribution in [-0.4, -0.2) is 20.5 Å². The lowest BCUT2D eigenvalue weighted by atomic mass is 10.2. The zero-order valence-corrected chi connectivity index (χ0v) is 13.7. The van der Waals surface area contributed by atoms with Crippen LogP contribution in [0.4, 0.5) is 5.69 Å². The molecule has 0 fully saturated rings. The molecule has 0 amide bonds. The van der Waals surface area contributed by atoms with E-state index in [0.29, 0.717) is 22.0 Å². The Labute approximate surface area is 138 Å². The lowest BCUT2D eigenvalue weighted by molar-refractivity contribution is 0.415. The fourth-order valence-electron chi connectivity index (χ4n) is 2.20. The molecule has 3 rings (SSSR count). The number of aromatic nitrogens is 1. The first-order chi connectivity index (χ1) is 11.0. The predicted octanol–water partition coefficient (Wildman–Crippen LogP) is 3.70. The van der Waals surface area contributed by atoms with E-state index in [2.05, 4.69) is 9.71 Å². The number of ether oxygens (including phenoxy) is 1. The lowest BCUT2D eigenvalue weighted by Gasteiger charge is -2.12. The third-order valence-corrected chi connectivity index (χ3v) is 4.86. The highest BCUT2D eigenvalue weighted by Crippen LogP contribution is 2.29. The Morgan fingerprint density at radius 1 is 1.13 bits per heavy atom. The molecule has 1 heterocycles. The van der Waals surface area contributed by atoms with Crippen molar-refractivity contribution in [1.82, 2.24) is 4.98 Å². The molecule has 1 N–H and O–H groups in total. The quantitative estimate of drug-likeness (QED) is 0.780. The predicted molar refractivity (Wildman–Crippen MR) is 90.6 cm³/mol. The van der Waals surface area contributed by atoms with Crippen molar-refractivity contribution in [3.63, 3.8) is 0 Å². The molecule has 118 valence electrons. The standard InChI is InChI=1S/C16H13ClN2O3S/c1-22-13-8-11-4-3-7-18-16(11)15(10-13)19-23(20,21)14-6-2-5-12(17)9-14/h2-10,19H,1H3.